The minimum Gasteiger partial charge on any atom is -0.491 e. The zero-order chi connectivity index (χ0) is 23.4. The van der Waals surface area contributed by atoms with Crippen LogP contribution in [0.3, 0.4) is 0 Å². The molecule has 0 spiro atoms. The lowest BCUT2D eigenvalue weighted by molar-refractivity contribution is 0.0996. The predicted molar refractivity (Wildman–Crippen MR) is 130 cm³/mol. The van der Waals surface area contributed by atoms with Gasteiger partial charge in [-0.05, 0) is 80.4 Å². The van der Waals surface area contributed by atoms with Gasteiger partial charge in [0.25, 0.3) is 11.8 Å². The maximum absolute atomic E-state index is 12.6. The molecule has 0 bridgehead atoms. The highest BCUT2D eigenvalue weighted by Crippen LogP contribution is 2.24. The molecule has 0 saturated carbocycles. The summed E-state index contributed by atoms with van der Waals surface area (Å²) in [5, 5.41) is 6.63. The predicted octanol–water partition coefficient (Wildman–Crippen LogP) is 6.42. The van der Waals surface area contributed by atoms with Crippen LogP contribution in [0.25, 0.3) is 11.0 Å². The van der Waals surface area contributed by atoms with Crippen LogP contribution in [0.2, 0.25) is 0 Å². The van der Waals surface area contributed by atoms with Crippen LogP contribution >= 0.6 is 0 Å². The second-order valence-electron chi connectivity index (χ2n) is 7.95. The number of hydrogen-bond acceptors (Lipinski definition) is 4. The SMILES string of the molecule is CC[C@@H](C)Oc1ccc(C(=O)Nc2ccc(NC(=O)c3cc4ccccc4o3)c(C)c2)cc1. The summed E-state index contributed by atoms with van der Waals surface area (Å²) in [5.74, 6) is 0.435. The number of amides is 2. The number of anilines is 2. The molecule has 0 aliphatic rings. The van der Waals surface area contributed by atoms with Crippen molar-refractivity contribution in [2.24, 2.45) is 0 Å². The number of carbonyl (C=O) groups is 2. The molecule has 168 valence electrons. The second-order valence-corrected chi connectivity index (χ2v) is 7.95. The number of para-hydroxylation sites is 1. The first-order valence-electron chi connectivity index (χ1n) is 10.9. The van der Waals surface area contributed by atoms with Gasteiger partial charge in [-0.3, -0.25) is 9.59 Å². The summed E-state index contributed by atoms with van der Waals surface area (Å²) < 4.78 is 11.4. The standard InChI is InChI=1S/C27H26N2O4/c1-4-18(3)32-22-12-9-19(10-13-22)26(30)28-21-11-14-23(17(2)15-21)29-27(31)25-16-20-7-5-6-8-24(20)33-25/h5-16,18H,4H2,1-3H3,(H,28,30)(H,29,31)/t18-/m1/s1. The van der Waals surface area contributed by atoms with Crippen LogP contribution in [0.4, 0.5) is 11.4 Å². The quantitative estimate of drug-likeness (QED) is 0.346. The summed E-state index contributed by atoms with van der Waals surface area (Å²) in [6.45, 7) is 5.93. The molecular weight excluding hydrogens is 416 g/mol. The minimum absolute atomic E-state index is 0.124. The van der Waals surface area contributed by atoms with Crippen molar-refractivity contribution in [3.8, 4) is 5.75 Å². The van der Waals surface area contributed by atoms with Gasteiger partial charge in [-0.2, -0.15) is 0 Å². The van der Waals surface area contributed by atoms with Gasteiger partial charge in [0.2, 0.25) is 0 Å². The molecule has 33 heavy (non-hydrogen) atoms. The molecule has 4 aromatic rings. The van der Waals surface area contributed by atoms with Crippen molar-refractivity contribution in [2.45, 2.75) is 33.3 Å². The number of furan rings is 1. The molecule has 0 aliphatic carbocycles. The van der Waals surface area contributed by atoms with Crippen LogP contribution in [0, 0.1) is 6.92 Å². The zero-order valence-electron chi connectivity index (χ0n) is 18.8. The molecule has 0 aliphatic heterocycles. The fraction of sp³-hybridized carbons (Fsp3) is 0.185. The van der Waals surface area contributed by atoms with E-state index in [9.17, 15) is 9.59 Å². The van der Waals surface area contributed by atoms with Crippen LogP contribution < -0.4 is 15.4 Å². The van der Waals surface area contributed by atoms with E-state index in [1.54, 1.807) is 42.5 Å². The smallest absolute Gasteiger partial charge is 0.291 e. The molecule has 6 nitrogen and oxygen atoms in total. The minimum atomic E-state index is -0.328. The molecule has 4 rings (SSSR count). The van der Waals surface area contributed by atoms with Crippen molar-refractivity contribution >= 4 is 34.2 Å². The fourth-order valence-electron chi connectivity index (χ4n) is 3.36. The first kappa shape index (κ1) is 22.1. The van der Waals surface area contributed by atoms with E-state index in [1.165, 1.54) is 0 Å². The normalized spacial score (nSPS) is 11.7. The molecule has 2 amide bonds. The molecule has 1 atom stereocenters. The number of benzene rings is 3. The van der Waals surface area contributed by atoms with Crippen molar-refractivity contribution < 1.29 is 18.7 Å². The Morgan fingerprint density at radius 3 is 2.39 bits per heavy atom. The molecule has 0 unspecified atom stereocenters. The average molecular weight is 443 g/mol. The lowest BCUT2D eigenvalue weighted by Crippen LogP contribution is -2.14. The van der Waals surface area contributed by atoms with E-state index in [0.29, 0.717) is 22.5 Å². The van der Waals surface area contributed by atoms with E-state index in [0.717, 1.165) is 23.1 Å². The van der Waals surface area contributed by atoms with Crippen molar-refractivity contribution in [3.63, 3.8) is 0 Å². The maximum Gasteiger partial charge on any atom is 0.291 e. The molecule has 1 aromatic heterocycles. The Balaban J connectivity index is 1.40. The molecule has 2 N–H and O–H groups in total. The number of rotatable bonds is 7. The molecule has 1 heterocycles. The number of aryl methyl sites for hydroxylation is 1. The van der Waals surface area contributed by atoms with Crippen molar-refractivity contribution in [2.75, 3.05) is 10.6 Å². The van der Waals surface area contributed by atoms with Crippen molar-refractivity contribution in [1.29, 1.82) is 0 Å². The van der Waals surface area contributed by atoms with Gasteiger partial charge in [-0.1, -0.05) is 25.1 Å². The monoisotopic (exact) mass is 442 g/mol. The van der Waals surface area contributed by atoms with E-state index >= 15 is 0 Å². The summed E-state index contributed by atoms with van der Waals surface area (Å²) in [6.07, 6.45) is 1.04. The Hall–Kier alpha value is -4.06. The van der Waals surface area contributed by atoms with Crippen molar-refractivity contribution in [3.05, 3.63) is 89.7 Å². The number of hydrogen-bond donors (Lipinski definition) is 2. The van der Waals surface area contributed by atoms with E-state index in [4.69, 9.17) is 9.15 Å². The van der Waals surface area contributed by atoms with E-state index in [1.807, 2.05) is 44.2 Å². The van der Waals surface area contributed by atoms with Gasteiger partial charge in [0.1, 0.15) is 11.3 Å². The van der Waals surface area contributed by atoms with Crippen LogP contribution in [0.5, 0.6) is 5.75 Å². The second kappa shape index (κ2) is 9.61. The Morgan fingerprint density at radius 1 is 0.939 bits per heavy atom. The molecule has 0 radical (unpaired) electrons. The van der Waals surface area contributed by atoms with Gasteiger partial charge >= 0.3 is 0 Å². The topological polar surface area (TPSA) is 80.6 Å². The van der Waals surface area contributed by atoms with Gasteiger partial charge < -0.3 is 19.8 Å². The average Bonchev–Trinajstić information content (AvgIpc) is 3.26. The van der Waals surface area contributed by atoms with Gasteiger partial charge in [0.15, 0.2) is 5.76 Å². The molecule has 0 saturated heterocycles. The van der Waals surface area contributed by atoms with Crippen LogP contribution in [0.1, 0.15) is 46.7 Å². The van der Waals surface area contributed by atoms with Gasteiger partial charge in [0.05, 0.1) is 6.10 Å². The van der Waals surface area contributed by atoms with E-state index in [2.05, 4.69) is 17.6 Å². The number of ether oxygens (including phenoxy) is 1. The fourth-order valence-corrected chi connectivity index (χ4v) is 3.36. The highest BCUT2D eigenvalue weighted by Gasteiger charge is 2.14. The van der Waals surface area contributed by atoms with Crippen molar-refractivity contribution in [1.82, 2.24) is 0 Å². The van der Waals surface area contributed by atoms with Gasteiger partial charge in [0, 0.05) is 22.3 Å². The summed E-state index contributed by atoms with van der Waals surface area (Å²) in [7, 11) is 0. The zero-order valence-corrected chi connectivity index (χ0v) is 18.8. The first-order valence-corrected chi connectivity index (χ1v) is 10.9. The van der Waals surface area contributed by atoms with Gasteiger partial charge in [-0.15, -0.1) is 0 Å². The number of carbonyl (C=O) groups excluding carboxylic acids is 2. The number of fused-ring (bicyclic) bond motifs is 1. The summed E-state index contributed by atoms with van der Waals surface area (Å²) >= 11 is 0. The maximum atomic E-state index is 12.6. The first-order chi connectivity index (χ1) is 15.9. The molecule has 3 aromatic carbocycles. The Labute approximate surface area is 192 Å². The Kier molecular flexibility index (Phi) is 6.45. The molecule has 6 heteroatoms. The Bertz CT molecular complexity index is 1260. The highest BCUT2D eigenvalue weighted by atomic mass is 16.5. The van der Waals surface area contributed by atoms with E-state index < -0.39 is 0 Å². The van der Waals surface area contributed by atoms with Crippen LogP contribution in [0.15, 0.2) is 77.2 Å². The summed E-state index contributed by atoms with van der Waals surface area (Å²) in [5.41, 5.74) is 3.29. The number of nitrogens with one attached hydrogen (secondary N) is 2. The highest BCUT2D eigenvalue weighted by molar-refractivity contribution is 6.06. The van der Waals surface area contributed by atoms with E-state index in [-0.39, 0.29) is 23.7 Å². The third kappa shape index (κ3) is 5.23. The molecule has 0 fully saturated rings. The lowest BCUT2D eigenvalue weighted by Gasteiger charge is -2.13. The summed E-state index contributed by atoms with van der Waals surface area (Å²) in [6, 6.07) is 21.6. The summed E-state index contributed by atoms with van der Waals surface area (Å²) in [4.78, 5) is 25.2. The molecular formula is C27H26N2O4. The van der Waals surface area contributed by atoms with Crippen LogP contribution in [-0.2, 0) is 0 Å². The Morgan fingerprint density at radius 2 is 1.70 bits per heavy atom. The lowest BCUT2D eigenvalue weighted by atomic mass is 10.1. The van der Waals surface area contributed by atoms with Gasteiger partial charge in [-0.25, -0.2) is 0 Å². The van der Waals surface area contributed by atoms with Crippen LogP contribution in [-0.4, -0.2) is 17.9 Å². The third-order valence-electron chi connectivity index (χ3n) is 5.41. The largest absolute Gasteiger partial charge is 0.491 e. The third-order valence-corrected chi connectivity index (χ3v) is 5.41.